The van der Waals surface area contributed by atoms with E-state index in [1.54, 1.807) is 26.5 Å². The standard InChI is InChI=1S/C50H50N6O8Si/c1-32-48(65(3,4)38-19-17-37(61-2)18-20-38)45(22-24-53-29-34(23-25-57)51-52-53)64-50(32)39-27-36(56-42-13-6-8-15-44(42)63-31-47(56)59)16-21-40(39)54(49(50)60)28-33-10-9-11-35(26-33)55-41-12-5-7-14-43(41)62-30-46(55)58/h5-21,26-27,29,32,45,48,57H,22-25,28,30-31H2,1-4H3/t32-,45+,48-,50+/m1/s1. The van der Waals surface area contributed by atoms with Crippen molar-refractivity contribution in [2.24, 2.45) is 5.92 Å². The van der Waals surface area contributed by atoms with Crippen LogP contribution in [-0.2, 0) is 44.2 Å². The van der Waals surface area contributed by atoms with Crippen molar-refractivity contribution in [3.63, 3.8) is 0 Å². The molecule has 10 rings (SSSR count). The first-order chi connectivity index (χ1) is 31.5. The Bertz CT molecular complexity index is 2810. The van der Waals surface area contributed by atoms with E-state index in [4.69, 9.17) is 18.9 Å². The topological polar surface area (TPSA) is 149 Å². The zero-order valence-electron chi connectivity index (χ0n) is 36.7. The molecule has 0 unspecified atom stereocenters. The fraction of sp³-hybridized carbons (Fsp3) is 0.300. The number of aryl methyl sites for hydroxylation is 1. The number of carbonyl (C=O) groups is 3. The smallest absolute Gasteiger partial charge is 0.269 e. The van der Waals surface area contributed by atoms with Crippen molar-refractivity contribution in [3.8, 4) is 17.2 Å². The van der Waals surface area contributed by atoms with Crippen LogP contribution in [0.5, 0.6) is 17.2 Å². The number of hydrogen-bond acceptors (Lipinski definition) is 10. The third-order valence-electron chi connectivity index (χ3n) is 13.6. The Morgan fingerprint density at radius 3 is 2.12 bits per heavy atom. The van der Waals surface area contributed by atoms with E-state index < -0.39 is 13.7 Å². The molecule has 1 fully saturated rings. The number of carbonyl (C=O) groups excluding carboxylic acids is 3. The maximum atomic E-state index is 15.9. The van der Waals surface area contributed by atoms with Crippen LogP contribution < -0.4 is 34.1 Å². The lowest BCUT2D eigenvalue weighted by molar-refractivity contribution is -0.146. The Hall–Kier alpha value is -6.81. The average Bonchev–Trinajstić information content (AvgIpc) is 3.97. The number of fused-ring (bicyclic) bond motifs is 4. The van der Waals surface area contributed by atoms with E-state index in [2.05, 4.69) is 42.5 Å². The number of nitrogens with zero attached hydrogens (tertiary/aromatic N) is 6. The molecule has 4 aliphatic rings. The number of anilines is 5. The Balaban J connectivity index is 1.09. The molecule has 3 amide bonds. The van der Waals surface area contributed by atoms with Gasteiger partial charge in [0.1, 0.15) is 17.2 Å². The third-order valence-corrected chi connectivity index (χ3v) is 18.0. The lowest BCUT2D eigenvalue weighted by Gasteiger charge is -2.37. The zero-order valence-corrected chi connectivity index (χ0v) is 37.7. The molecule has 0 radical (unpaired) electrons. The van der Waals surface area contributed by atoms with E-state index >= 15 is 4.79 Å². The number of amides is 3. The first kappa shape index (κ1) is 42.2. The molecule has 4 aliphatic heterocycles. The Morgan fingerprint density at radius 1 is 0.800 bits per heavy atom. The number of ether oxygens (including phenoxy) is 4. The van der Waals surface area contributed by atoms with E-state index in [1.165, 1.54) is 5.19 Å². The summed E-state index contributed by atoms with van der Waals surface area (Å²) in [5.41, 5.74) is 3.92. The molecule has 1 aromatic heterocycles. The van der Waals surface area contributed by atoms with Gasteiger partial charge in [0.15, 0.2) is 18.8 Å². The summed E-state index contributed by atoms with van der Waals surface area (Å²) >= 11 is 0. The predicted molar refractivity (Wildman–Crippen MR) is 247 cm³/mol. The van der Waals surface area contributed by atoms with Gasteiger partial charge in [-0.15, -0.1) is 5.10 Å². The van der Waals surface area contributed by atoms with Gasteiger partial charge in [0, 0.05) is 48.6 Å². The Kier molecular flexibility index (Phi) is 10.8. The molecule has 0 saturated carbocycles. The first-order valence-corrected chi connectivity index (χ1v) is 25.1. The highest BCUT2D eigenvalue weighted by Gasteiger charge is 2.66. The van der Waals surface area contributed by atoms with Gasteiger partial charge in [0.05, 0.1) is 50.6 Å². The van der Waals surface area contributed by atoms with E-state index in [0.717, 1.165) is 11.3 Å². The molecule has 1 spiro atoms. The van der Waals surface area contributed by atoms with Crippen molar-refractivity contribution in [3.05, 3.63) is 138 Å². The highest BCUT2D eigenvalue weighted by atomic mass is 28.3. The largest absolute Gasteiger partial charge is 0.497 e. The highest BCUT2D eigenvalue weighted by Crippen LogP contribution is 2.61. The highest BCUT2D eigenvalue weighted by molar-refractivity contribution is 6.91. The maximum Gasteiger partial charge on any atom is 0.269 e. The normalized spacial score (nSPS) is 21.3. The van der Waals surface area contributed by atoms with E-state index in [9.17, 15) is 14.7 Å². The van der Waals surface area contributed by atoms with Crippen molar-refractivity contribution >= 4 is 59.4 Å². The summed E-state index contributed by atoms with van der Waals surface area (Å²) in [7, 11) is -0.863. The summed E-state index contributed by atoms with van der Waals surface area (Å²) in [6.07, 6.45) is 2.41. The van der Waals surface area contributed by atoms with Crippen LogP contribution in [0.1, 0.15) is 30.2 Å². The quantitative estimate of drug-likeness (QED) is 0.130. The Labute approximate surface area is 377 Å². The van der Waals surface area contributed by atoms with Gasteiger partial charge in [-0.25, -0.2) is 0 Å². The van der Waals surface area contributed by atoms with Crippen molar-refractivity contribution < 1.29 is 38.4 Å². The second-order valence-corrected chi connectivity index (χ2v) is 22.3. The average molecular weight is 891 g/mol. The number of rotatable bonds is 12. The number of aliphatic hydroxyl groups excluding tert-OH is 1. The summed E-state index contributed by atoms with van der Waals surface area (Å²) in [5, 5.41) is 19.4. The van der Waals surface area contributed by atoms with Crippen LogP contribution in [-0.4, -0.2) is 78.9 Å². The summed E-state index contributed by atoms with van der Waals surface area (Å²) < 4.78 is 26.4. The Morgan fingerprint density at radius 2 is 1.46 bits per heavy atom. The van der Waals surface area contributed by atoms with E-state index in [1.807, 2.05) is 109 Å². The molecule has 6 aromatic rings. The second kappa shape index (κ2) is 16.6. The van der Waals surface area contributed by atoms with Crippen molar-refractivity contribution in [1.29, 1.82) is 0 Å². The molecule has 5 aromatic carbocycles. The monoisotopic (exact) mass is 890 g/mol. The van der Waals surface area contributed by atoms with Crippen LogP contribution in [0.4, 0.5) is 28.4 Å². The third kappa shape index (κ3) is 7.14. The van der Waals surface area contributed by atoms with Gasteiger partial charge in [0.25, 0.3) is 17.7 Å². The van der Waals surface area contributed by atoms with Crippen LogP contribution >= 0.6 is 0 Å². The molecule has 0 aliphatic carbocycles. The lowest BCUT2D eigenvalue weighted by atomic mass is 9.82. The molecule has 1 saturated heterocycles. The summed E-state index contributed by atoms with van der Waals surface area (Å²) in [5.74, 6) is 1.03. The zero-order chi connectivity index (χ0) is 45.0. The van der Waals surface area contributed by atoms with Crippen molar-refractivity contribution in [1.82, 2.24) is 15.0 Å². The minimum Gasteiger partial charge on any atom is -0.497 e. The molecule has 14 nitrogen and oxygen atoms in total. The van der Waals surface area contributed by atoms with Crippen LogP contribution in [0, 0.1) is 5.92 Å². The van der Waals surface area contributed by atoms with Gasteiger partial charge in [-0.1, -0.05) is 78.9 Å². The minimum absolute atomic E-state index is 0.0283. The predicted octanol–water partition coefficient (Wildman–Crippen LogP) is 6.79. The van der Waals surface area contributed by atoms with Crippen molar-refractivity contribution in [2.45, 2.75) is 63.2 Å². The molecule has 0 bridgehead atoms. The molecule has 65 heavy (non-hydrogen) atoms. The fourth-order valence-electron chi connectivity index (χ4n) is 10.6. The van der Waals surface area contributed by atoms with Gasteiger partial charge in [-0.3, -0.25) is 28.9 Å². The van der Waals surface area contributed by atoms with Crippen LogP contribution in [0.25, 0.3) is 0 Å². The van der Waals surface area contributed by atoms with Gasteiger partial charge < -0.3 is 29.0 Å². The van der Waals surface area contributed by atoms with Gasteiger partial charge >= 0.3 is 0 Å². The minimum atomic E-state index is -2.52. The summed E-state index contributed by atoms with van der Waals surface area (Å²) in [6, 6.07) is 36.6. The molecule has 15 heteroatoms. The van der Waals surface area contributed by atoms with E-state index in [0.29, 0.717) is 70.6 Å². The number of methoxy groups -OCH3 is 1. The molecule has 1 N–H and O–H groups in total. The molecular formula is C50H50N6O8Si. The van der Waals surface area contributed by atoms with Crippen LogP contribution in [0.15, 0.2) is 121 Å². The van der Waals surface area contributed by atoms with Crippen molar-refractivity contribution in [2.75, 3.05) is 41.6 Å². The van der Waals surface area contributed by atoms with Gasteiger partial charge in [-0.05, 0) is 84.3 Å². The van der Waals surface area contributed by atoms with Crippen LogP contribution in [0.2, 0.25) is 18.6 Å². The lowest BCUT2D eigenvalue weighted by Crippen LogP contribution is -2.51. The van der Waals surface area contributed by atoms with Gasteiger partial charge in [0.2, 0.25) is 0 Å². The maximum absolute atomic E-state index is 15.9. The first-order valence-electron chi connectivity index (χ1n) is 22.0. The molecule has 4 atom stereocenters. The van der Waals surface area contributed by atoms with Crippen LogP contribution in [0.3, 0.4) is 0 Å². The number of aliphatic hydroxyl groups is 1. The van der Waals surface area contributed by atoms with Gasteiger partial charge in [-0.2, -0.15) is 0 Å². The molecular weight excluding hydrogens is 841 g/mol. The number of hydrogen-bond donors (Lipinski definition) is 1. The van der Waals surface area contributed by atoms with E-state index in [-0.39, 0.29) is 61.6 Å². The second-order valence-electron chi connectivity index (χ2n) is 17.6. The number of benzene rings is 5. The summed E-state index contributed by atoms with van der Waals surface area (Å²) in [4.78, 5) is 48.2. The molecule has 332 valence electrons. The summed E-state index contributed by atoms with van der Waals surface area (Å²) in [6.45, 7) is 7.26. The fourth-order valence-corrected chi connectivity index (χ4v) is 14.6. The molecule has 5 heterocycles. The SMILES string of the molecule is COc1ccc([Si](C)(C)[C@H]2[C@H](CCn3cc(CCO)nn3)O[C@@]3(C(=O)N(Cc4cccc(N5C(=O)COc6ccccc65)c4)c4ccc(N5C(=O)COc6ccccc65)cc43)[C@@H]2C)cc1. The number of aromatic nitrogens is 3. The number of para-hydroxylation sites is 4.